The summed E-state index contributed by atoms with van der Waals surface area (Å²) in [5.41, 5.74) is 0.819. The molecule has 0 aliphatic carbocycles. The Morgan fingerprint density at radius 1 is 1.43 bits per heavy atom. The van der Waals surface area contributed by atoms with E-state index in [2.05, 4.69) is 15.4 Å². The van der Waals surface area contributed by atoms with Crippen LogP contribution in [0.5, 0.6) is 0 Å². The molecule has 23 heavy (non-hydrogen) atoms. The maximum absolute atomic E-state index is 12.3. The van der Waals surface area contributed by atoms with Crippen LogP contribution in [0.15, 0.2) is 17.1 Å². The highest BCUT2D eigenvalue weighted by Gasteiger charge is 2.22. The van der Waals surface area contributed by atoms with Crippen molar-refractivity contribution in [2.24, 2.45) is 5.92 Å². The van der Waals surface area contributed by atoms with Gasteiger partial charge in [0.05, 0.1) is 6.42 Å². The number of hydrogen-bond donors (Lipinski definition) is 3. The minimum Gasteiger partial charge on any atom is -0.480 e. The van der Waals surface area contributed by atoms with Gasteiger partial charge in [-0.15, -0.1) is 0 Å². The van der Waals surface area contributed by atoms with Gasteiger partial charge in [-0.3, -0.25) is 14.7 Å². The van der Waals surface area contributed by atoms with Gasteiger partial charge in [0.25, 0.3) is 5.56 Å². The van der Waals surface area contributed by atoms with Crippen molar-refractivity contribution < 1.29 is 14.7 Å². The first-order valence-electron chi connectivity index (χ1n) is 7.37. The number of nitrogens with one attached hydrogen (secondary N) is 2. The molecule has 0 fully saturated rings. The van der Waals surface area contributed by atoms with E-state index in [1.165, 1.54) is 4.52 Å². The molecule has 1 atom stereocenters. The van der Waals surface area contributed by atoms with E-state index in [9.17, 15) is 14.4 Å². The third-order valence-corrected chi connectivity index (χ3v) is 3.52. The average molecular weight is 320 g/mol. The van der Waals surface area contributed by atoms with Gasteiger partial charge in [0.2, 0.25) is 5.91 Å². The van der Waals surface area contributed by atoms with Crippen LogP contribution >= 0.6 is 0 Å². The normalized spacial score (nSPS) is 12.5. The molecule has 1 amide bonds. The van der Waals surface area contributed by atoms with Gasteiger partial charge in [-0.25, -0.2) is 14.3 Å². The van der Waals surface area contributed by atoms with Gasteiger partial charge in [0.15, 0.2) is 5.65 Å². The first-order valence-corrected chi connectivity index (χ1v) is 7.37. The fourth-order valence-corrected chi connectivity index (χ4v) is 2.41. The molecule has 2 aromatic heterocycles. The molecule has 0 aliphatic rings. The van der Waals surface area contributed by atoms with E-state index in [4.69, 9.17) is 5.11 Å². The zero-order chi connectivity index (χ0) is 17.1. The van der Waals surface area contributed by atoms with Gasteiger partial charge in [0, 0.05) is 23.5 Å². The number of carboxylic acid groups (broad SMARTS) is 1. The molecule has 0 aliphatic heterocycles. The predicted octanol–water partition coefficient (Wildman–Crippen LogP) is 0.489. The van der Waals surface area contributed by atoms with Gasteiger partial charge in [-0.2, -0.15) is 0 Å². The van der Waals surface area contributed by atoms with E-state index >= 15 is 0 Å². The number of fused-ring (bicyclic) bond motifs is 1. The average Bonchev–Trinajstić information content (AvgIpc) is 2.90. The Hall–Kier alpha value is -2.64. The molecule has 0 spiro atoms. The quantitative estimate of drug-likeness (QED) is 0.716. The molecule has 0 saturated heterocycles. The number of aryl methyl sites for hydroxylation is 1. The van der Waals surface area contributed by atoms with Crippen LogP contribution in [0.2, 0.25) is 0 Å². The van der Waals surface area contributed by atoms with Gasteiger partial charge < -0.3 is 10.4 Å². The summed E-state index contributed by atoms with van der Waals surface area (Å²) in [5.74, 6) is -1.47. The second-order valence-corrected chi connectivity index (χ2v) is 5.90. The van der Waals surface area contributed by atoms with Crippen molar-refractivity contribution in [1.82, 2.24) is 19.9 Å². The minimum atomic E-state index is -1.08. The second-order valence-electron chi connectivity index (χ2n) is 5.90. The Balaban J connectivity index is 2.20. The van der Waals surface area contributed by atoms with Crippen molar-refractivity contribution in [1.29, 1.82) is 0 Å². The third-order valence-electron chi connectivity index (χ3n) is 3.52. The Morgan fingerprint density at radius 2 is 2.13 bits per heavy atom. The molecule has 0 bridgehead atoms. The van der Waals surface area contributed by atoms with E-state index in [0.717, 1.165) is 0 Å². The number of rotatable bonds is 6. The monoisotopic (exact) mass is 320 g/mol. The lowest BCUT2D eigenvalue weighted by atomic mass is 10.0. The van der Waals surface area contributed by atoms with E-state index in [1.807, 2.05) is 13.8 Å². The summed E-state index contributed by atoms with van der Waals surface area (Å²) in [5, 5.41) is 14.4. The molecule has 8 heteroatoms. The van der Waals surface area contributed by atoms with Crippen LogP contribution in [-0.2, 0) is 16.0 Å². The summed E-state index contributed by atoms with van der Waals surface area (Å²) in [6.07, 6.45) is 1.70. The van der Waals surface area contributed by atoms with E-state index < -0.39 is 17.9 Å². The molecule has 2 aromatic rings. The Morgan fingerprint density at radius 3 is 2.74 bits per heavy atom. The van der Waals surface area contributed by atoms with Gasteiger partial charge in [-0.05, 0) is 19.3 Å². The lowest BCUT2D eigenvalue weighted by Gasteiger charge is -2.16. The summed E-state index contributed by atoms with van der Waals surface area (Å²) in [6.45, 7) is 5.41. The maximum Gasteiger partial charge on any atom is 0.326 e. The zero-order valence-electron chi connectivity index (χ0n) is 13.3. The summed E-state index contributed by atoms with van der Waals surface area (Å²) < 4.78 is 1.25. The highest BCUT2D eigenvalue weighted by Crippen LogP contribution is 2.07. The Kier molecular flexibility index (Phi) is 4.83. The first-order chi connectivity index (χ1) is 10.8. The molecule has 2 rings (SSSR count). The fourth-order valence-electron chi connectivity index (χ4n) is 2.41. The van der Waals surface area contributed by atoms with Crippen LogP contribution in [0.3, 0.4) is 0 Å². The molecular formula is C15H20N4O4. The number of carbonyl (C=O) groups is 2. The van der Waals surface area contributed by atoms with Gasteiger partial charge in [-0.1, -0.05) is 13.8 Å². The number of carbonyl (C=O) groups excluding carboxylic acids is 1. The number of aromatic amines is 1. The Bertz CT molecular complexity index is 790. The number of nitrogens with zero attached hydrogens (tertiary/aromatic N) is 2. The third kappa shape index (κ3) is 3.77. The molecule has 0 radical (unpaired) electrons. The van der Waals surface area contributed by atoms with Crippen molar-refractivity contribution >= 4 is 17.5 Å². The molecule has 124 valence electrons. The lowest BCUT2D eigenvalue weighted by molar-refractivity contribution is -0.142. The minimum absolute atomic E-state index is 0.126. The Labute approximate surface area is 132 Å². The van der Waals surface area contributed by atoms with Crippen LogP contribution in [0.25, 0.3) is 5.65 Å². The van der Waals surface area contributed by atoms with E-state index in [1.54, 1.807) is 19.2 Å². The highest BCUT2D eigenvalue weighted by molar-refractivity contribution is 5.84. The number of aromatic nitrogens is 3. The zero-order valence-corrected chi connectivity index (χ0v) is 13.3. The summed E-state index contributed by atoms with van der Waals surface area (Å²) in [4.78, 5) is 39.9. The second kappa shape index (κ2) is 6.64. The molecule has 8 nitrogen and oxygen atoms in total. The topological polar surface area (TPSA) is 117 Å². The van der Waals surface area contributed by atoms with E-state index in [-0.39, 0.29) is 23.5 Å². The van der Waals surface area contributed by atoms with Crippen LogP contribution in [0.1, 0.15) is 31.5 Å². The van der Waals surface area contributed by atoms with Crippen molar-refractivity contribution in [3.8, 4) is 0 Å². The molecule has 0 aromatic carbocycles. The first kappa shape index (κ1) is 16.7. The highest BCUT2D eigenvalue weighted by atomic mass is 16.4. The summed E-state index contributed by atoms with van der Waals surface area (Å²) in [6, 6.07) is 0.689. The van der Waals surface area contributed by atoms with Crippen molar-refractivity contribution in [3.63, 3.8) is 0 Å². The number of aliphatic carboxylic acids is 1. The molecule has 0 saturated carbocycles. The maximum atomic E-state index is 12.3. The molecule has 2 heterocycles. The number of carboxylic acids is 1. The van der Waals surface area contributed by atoms with Gasteiger partial charge >= 0.3 is 5.97 Å². The largest absolute Gasteiger partial charge is 0.480 e. The lowest BCUT2D eigenvalue weighted by Crippen LogP contribution is -2.43. The standard InChI is InChI=1S/C15H20N4O4/c1-8(2)6-11(15(22)23)18-13(20)7-10-9(3)17-12-4-5-16-19(12)14(10)21/h4-5,8,11,16H,6-7H2,1-3H3,(H,18,20)(H,22,23)/t11-/m0/s1. The van der Waals surface area contributed by atoms with E-state index in [0.29, 0.717) is 17.8 Å². The fraction of sp³-hybridized carbons (Fsp3) is 0.467. The van der Waals surface area contributed by atoms with Crippen LogP contribution in [0, 0.1) is 12.8 Å². The van der Waals surface area contributed by atoms with Crippen LogP contribution in [0.4, 0.5) is 0 Å². The molecule has 0 unspecified atom stereocenters. The predicted molar refractivity (Wildman–Crippen MR) is 83.3 cm³/mol. The van der Waals surface area contributed by atoms with Crippen molar-refractivity contribution in [3.05, 3.63) is 33.9 Å². The molecular weight excluding hydrogens is 300 g/mol. The summed E-state index contributed by atoms with van der Waals surface area (Å²) in [7, 11) is 0. The van der Waals surface area contributed by atoms with Crippen molar-refractivity contribution in [2.45, 2.75) is 39.7 Å². The number of hydrogen-bond acceptors (Lipinski definition) is 4. The smallest absolute Gasteiger partial charge is 0.326 e. The SMILES string of the molecule is Cc1nc2cc[nH]n2c(=O)c1CC(=O)N[C@@H](CC(C)C)C(=O)O. The number of H-pyrrole nitrogens is 1. The van der Waals surface area contributed by atoms with Crippen LogP contribution in [-0.4, -0.2) is 37.6 Å². The number of amides is 1. The summed E-state index contributed by atoms with van der Waals surface area (Å²) >= 11 is 0. The molecule has 3 N–H and O–H groups in total. The van der Waals surface area contributed by atoms with Crippen molar-refractivity contribution in [2.75, 3.05) is 0 Å². The van der Waals surface area contributed by atoms with Crippen LogP contribution < -0.4 is 10.9 Å². The van der Waals surface area contributed by atoms with Gasteiger partial charge in [0.1, 0.15) is 6.04 Å².